The van der Waals surface area contributed by atoms with Gasteiger partial charge < -0.3 is 33.5 Å². The first-order chi connectivity index (χ1) is 13.4. The second kappa shape index (κ2) is 10.8. The highest BCUT2D eigenvalue weighted by Crippen LogP contribution is 2.39. The zero-order chi connectivity index (χ0) is 20.6. The summed E-state index contributed by atoms with van der Waals surface area (Å²) in [6, 6.07) is 9.66. The molecule has 1 aliphatic heterocycles. The first kappa shape index (κ1) is 22.7. The largest absolute Gasteiger partial charge is 0.481 e. The molecule has 0 aliphatic carbocycles. The molecule has 1 N–H and O–H groups in total. The van der Waals surface area contributed by atoms with Crippen molar-refractivity contribution in [1.29, 1.82) is 0 Å². The van der Waals surface area contributed by atoms with Gasteiger partial charge in [-0.3, -0.25) is 4.79 Å². The van der Waals surface area contributed by atoms with Crippen LogP contribution in [0, 0.1) is 0 Å². The summed E-state index contributed by atoms with van der Waals surface area (Å²) >= 11 is 0. The molecule has 1 aliphatic rings. The Bertz CT molecular complexity index is 591. The van der Waals surface area contributed by atoms with Gasteiger partial charge >= 0.3 is 5.97 Å². The van der Waals surface area contributed by atoms with Crippen molar-refractivity contribution in [3.63, 3.8) is 0 Å². The van der Waals surface area contributed by atoms with Gasteiger partial charge in [-0.05, 0) is 19.4 Å². The average molecular weight is 398 g/mol. The van der Waals surface area contributed by atoms with E-state index in [1.54, 1.807) is 7.11 Å². The fourth-order valence-corrected chi connectivity index (χ4v) is 3.30. The number of benzene rings is 1. The summed E-state index contributed by atoms with van der Waals surface area (Å²) in [6.45, 7) is 3.73. The molecule has 8 nitrogen and oxygen atoms in total. The van der Waals surface area contributed by atoms with Crippen LogP contribution in [0.5, 0.6) is 0 Å². The molecule has 0 unspecified atom stereocenters. The number of hydrogen-bond donors (Lipinski definition) is 1. The molecule has 0 bridgehead atoms. The Balaban J connectivity index is 2.22. The maximum absolute atomic E-state index is 11.2. The topological polar surface area (TPSA) is 92.7 Å². The second-order valence-electron chi connectivity index (χ2n) is 7.07. The molecule has 1 heterocycles. The lowest BCUT2D eigenvalue weighted by Crippen LogP contribution is -2.35. The lowest BCUT2D eigenvalue weighted by molar-refractivity contribution is -0.171. The van der Waals surface area contributed by atoms with Gasteiger partial charge in [0.2, 0.25) is 0 Å². The number of ether oxygens (including phenoxy) is 6. The van der Waals surface area contributed by atoms with Crippen molar-refractivity contribution in [2.24, 2.45) is 0 Å². The minimum atomic E-state index is -0.953. The number of carboxylic acids is 1. The maximum Gasteiger partial charge on any atom is 0.305 e. The van der Waals surface area contributed by atoms with E-state index in [0.29, 0.717) is 6.42 Å². The van der Waals surface area contributed by atoms with Gasteiger partial charge in [0.1, 0.15) is 25.8 Å². The minimum absolute atomic E-state index is 0.00186. The van der Waals surface area contributed by atoms with Gasteiger partial charge in [0.15, 0.2) is 5.79 Å². The molecule has 8 heteroatoms. The number of aliphatic carboxylic acids is 1. The van der Waals surface area contributed by atoms with E-state index in [0.717, 1.165) is 5.56 Å². The van der Waals surface area contributed by atoms with E-state index in [4.69, 9.17) is 28.4 Å². The van der Waals surface area contributed by atoms with Crippen molar-refractivity contribution >= 4 is 5.97 Å². The fourth-order valence-electron chi connectivity index (χ4n) is 3.30. The van der Waals surface area contributed by atoms with Crippen LogP contribution >= 0.6 is 0 Å². The quantitative estimate of drug-likeness (QED) is 0.537. The van der Waals surface area contributed by atoms with Crippen LogP contribution in [0.25, 0.3) is 0 Å². The summed E-state index contributed by atoms with van der Waals surface area (Å²) in [4.78, 5) is 11.2. The lowest BCUT2D eigenvalue weighted by atomic mass is 9.96. The van der Waals surface area contributed by atoms with Crippen molar-refractivity contribution < 1.29 is 38.3 Å². The summed E-state index contributed by atoms with van der Waals surface area (Å²) in [5.74, 6) is -1.79. The van der Waals surface area contributed by atoms with E-state index < -0.39 is 36.2 Å². The van der Waals surface area contributed by atoms with Crippen molar-refractivity contribution in [2.75, 3.05) is 27.8 Å². The lowest BCUT2D eigenvalue weighted by Gasteiger charge is -2.28. The molecule has 0 aromatic heterocycles. The van der Waals surface area contributed by atoms with Gasteiger partial charge in [0, 0.05) is 20.6 Å². The van der Waals surface area contributed by atoms with Crippen molar-refractivity contribution in [3.05, 3.63) is 35.9 Å². The molecular weight excluding hydrogens is 368 g/mol. The zero-order valence-electron chi connectivity index (χ0n) is 16.8. The van der Waals surface area contributed by atoms with Gasteiger partial charge in [-0.15, -0.1) is 0 Å². The van der Waals surface area contributed by atoms with E-state index in [9.17, 15) is 9.90 Å². The highest BCUT2D eigenvalue weighted by Gasteiger charge is 2.47. The summed E-state index contributed by atoms with van der Waals surface area (Å²) in [5.41, 5.74) is 0.920. The van der Waals surface area contributed by atoms with Crippen LogP contribution in [-0.4, -0.2) is 63.0 Å². The highest BCUT2D eigenvalue weighted by atomic mass is 16.8. The van der Waals surface area contributed by atoms with Gasteiger partial charge in [-0.2, -0.15) is 0 Å². The first-order valence-corrected chi connectivity index (χ1v) is 9.19. The number of methoxy groups -OCH3 is 2. The Morgan fingerprint density at radius 3 is 2.36 bits per heavy atom. The van der Waals surface area contributed by atoms with E-state index in [1.807, 2.05) is 44.2 Å². The van der Waals surface area contributed by atoms with Crippen LogP contribution in [0.3, 0.4) is 0 Å². The Morgan fingerprint density at radius 2 is 1.75 bits per heavy atom. The normalized spacial score (nSPS) is 23.4. The van der Waals surface area contributed by atoms with Crippen LogP contribution < -0.4 is 0 Å². The average Bonchev–Trinajstić information content (AvgIpc) is 2.94. The van der Waals surface area contributed by atoms with E-state index in [1.165, 1.54) is 7.11 Å². The van der Waals surface area contributed by atoms with Gasteiger partial charge in [0.25, 0.3) is 0 Å². The standard InChI is InChI=1S/C20H30O8/c1-20(2)27-16(10-15(11-17(21)22)25-12-23-3)19(28-20)18(26-13-24-4)14-8-6-5-7-9-14/h5-9,15-16,18-19H,10-13H2,1-4H3,(H,21,22)/t15-,16-,18-,19+/m1/s1. The third kappa shape index (κ3) is 6.80. The van der Waals surface area contributed by atoms with Crippen LogP contribution in [0.4, 0.5) is 0 Å². The van der Waals surface area contributed by atoms with Gasteiger partial charge in [-0.1, -0.05) is 30.3 Å². The maximum atomic E-state index is 11.2. The van der Waals surface area contributed by atoms with Crippen LogP contribution in [0.1, 0.15) is 38.4 Å². The fraction of sp³-hybridized carbons (Fsp3) is 0.650. The number of rotatable bonds is 12. The molecule has 28 heavy (non-hydrogen) atoms. The Kier molecular flexibility index (Phi) is 8.81. The molecule has 1 aromatic rings. The molecule has 0 spiro atoms. The summed E-state index contributed by atoms with van der Waals surface area (Å²) in [6.07, 6.45) is -1.76. The van der Waals surface area contributed by atoms with E-state index in [2.05, 4.69) is 0 Å². The third-order valence-corrected chi connectivity index (χ3v) is 4.33. The molecular formula is C20H30O8. The summed E-state index contributed by atoms with van der Waals surface area (Å²) in [5, 5.41) is 9.19. The highest BCUT2D eigenvalue weighted by molar-refractivity contribution is 5.67. The molecule has 1 saturated heterocycles. The summed E-state index contributed by atoms with van der Waals surface area (Å²) in [7, 11) is 3.04. The van der Waals surface area contributed by atoms with Crippen LogP contribution in [0.15, 0.2) is 30.3 Å². The molecule has 1 fully saturated rings. The second-order valence-corrected chi connectivity index (χ2v) is 7.07. The third-order valence-electron chi connectivity index (χ3n) is 4.33. The molecule has 2 rings (SSSR count). The molecule has 0 radical (unpaired) electrons. The Hall–Kier alpha value is -1.55. The predicted molar refractivity (Wildman–Crippen MR) is 99.6 cm³/mol. The Morgan fingerprint density at radius 1 is 1.11 bits per heavy atom. The van der Waals surface area contributed by atoms with Crippen molar-refractivity contribution in [3.8, 4) is 0 Å². The molecule has 4 atom stereocenters. The predicted octanol–water partition coefficient (Wildman–Crippen LogP) is 2.72. The SMILES string of the molecule is COCO[C@@H](CC(=O)O)C[C@H]1OC(C)(C)O[C@@H]1[C@H](OCOC)c1ccccc1. The Labute approximate surface area is 165 Å². The van der Waals surface area contributed by atoms with Crippen LogP contribution in [0.2, 0.25) is 0 Å². The number of carboxylic acid groups (broad SMARTS) is 1. The van der Waals surface area contributed by atoms with Gasteiger partial charge in [0.05, 0.1) is 18.6 Å². The molecule has 158 valence electrons. The number of carbonyl (C=O) groups is 1. The number of hydrogen-bond acceptors (Lipinski definition) is 7. The molecule has 1 aromatic carbocycles. The van der Waals surface area contributed by atoms with E-state index in [-0.39, 0.29) is 20.0 Å². The monoisotopic (exact) mass is 398 g/mol. The first-order valence-electron chi connectivity index (χ1n) is 9.19. The molecule has 0 amide bonds. The zero-order valence-corrected chi connectivity index (χ0v) is 16.8. The van der Waals surface area contributed by atoms with Crippen molar-refractivity contribution in [1.82, 2.24) is 0 Å². The van der Waals surface area contributed by atoms with Crippen LogP contribution in [-0.2, 0) is 33.2 Å². The van der Waals surface area contributed by atoms with E-state index >= 15 is 0 Å². The van der Waals surface area contributed by atoms with Gasteiger partial charge in [-0.25, -0.2) is 0 Å². The minimum Gasteiger partial charge on any atom is -0.481 e. The van der Waals surface area contributed by atoms with Crippen molar-refractivity contribution in [2.45, 2.75) is 56.9 Å². The summed E-state index contributed by atoms with van der Waals surface area (Å²) < 4.78 is 33.7. The smallest absolute Gasteiger partial charge is 0.305 e. The molecule has 0 saturated carbocycles.